The molecule has 0 spiro atoms. The molecule has 168 valence electrons. The molecule has 1 amide bonds. The number of nitrogens with zero attached hydrogens (tertiary/aromatic N) is 1. The molecule has 0 aliphatic heterocycles. The number of hydrogen-bond donors (Lipinski definition) is 1. The van der Waals surface area contributed by atoms with Gasteiger partial charge >= 0.3 is 0 Å². The Hall–Kier alpha value is -2.58. The highest BCUT2D eigenvalue weighted by Gasteiger charge is 2.27. The van der Waals surface area contributed by atoms with E-state index in [-0.39, 0.29) is 24.5 Å². The number of benzene rings is 3. The summed E-state index contributed by atoms with van der Waals surface area (Å²) in [7, 11) is -2.41. The molecular weight excluding hydrogens is 471 g/mol. The van der Waals surface area contributed by atoms with Gasteiger partial charge in [0.2, 0.25) is 15.9 Å². The van der Waals surface area contributed by atoms with Crippen LogP contribution in [0.5, 0.6) is 5.75 Å². The first-order chi connectivity index (χ1) is 15.3. The van der Waals surface area contributed by atoms with Crippen molar-refractivity contribution in [1.29, 1.82) is 0 Å². The number of para-hydroxylation sites is 1. The second-order valence-electron chi connectivity index (χ2n) is 6.91. The summed E-state index contributed by atoms with van der Waals surface area (Å²) in [4.78, 5) is 12.8. The summed E-state index contributed by atoms with van der Waals surface area (Å²) in [5.74, 6) is 0.176. The van der Waals surface area contributed by atoms with Crippen molar-refractivity contribution in [3.63, 3.8) is 0 Å². The number of carbonyl (C=O) groups is 1. The minimum atomic E-state index is -3.96. The van der Waals surface area contributed by atoms with E-state index in [1.807, 2.05) is 18.2 Å². The normalized spacial score (nSPS) is 11.4. The van der Waals surface area contributed by atoms with Crippen molar-refractivity contribution in [2.24, 2.45) is 0 Å². The number of halogens is 2. The summed E-state index contributed by atoms with van der Waals surface area (Å²) in [5.41, 5.74) is 1.31. The molecule has 0 aliphatic carbocycles. The van der Waals surface area contributed by atoms with Gasteiger partial charge in [-0.05, 0) is 35.9 Å². The lowest BCUT2D eigenvalue weighted by Gasteiger charge is -2.22. The highest BCUT2D eigenvalue weighted by molar-refractivity contribution is 7.89. The van der Waals surface area contributed by atoms with Gasteiger partial charge in [-0.1, -0.05) is 65.7 Å². The van der Waals surface area contributed by atoms with Crippen molar-refractivity contribution in [2.45, 2.75) is 18.0 Å². The molecule has 9 heteroatoms. The quantitative estimate of drug-likeness (QED) is 0.476. The van der Waals surface area contributed by atoms with E-state index in [0.717, 1.165) is 9.87 Å². The van der Waals surface area contributed by atoms with E-state index in [4.69, 9.17) is 27.9 Å². The molecule has 32 heavy (non-hydrogen) atoms. The van der Waals surface area contributed by atoms with Crippen molar-refractivity contribution in [2.75, 3.05) is 13.7 Å². The monoisotopic (exact) mass is 492 g/mol. The molecule has 3 aromatic rings. The van der Waals surface area contributed by atoms with Gasteiger partial charge in [-0.2, -0.15) is 4.31 Å². The van der Waals surface area contributed by atoms with Crippen LogP contribution in [0.15, 0.2) is 77.7 Å². The van der Waals surface area contributed by atoms with Crippen molar-refractivity contribution in [3.8, 4) is 5.75 Å². The van der Waals surface area contributed by atoms with Gasteiger partial charge in [-0.25, -0.2) is 8.42 Å². The van der Waals surface area contributed by atoms with Gasteiger partial charge < -0.3 is 10.1 Å². The number of amides is 1. The molecule has 0 radical (unpaired) electrons. The van der Waals surface area contributed by atoms with Crippen LogP contribution in [-0.4, -0.2) is 32.3 Å². The zero-order valence-corrected chi connectivity index (χ0v) is 19.6. The number of hydrogen-bond acceptors (Lipinski definition) is 4. The Bertz CT molecular complexity index is 1190. The van der Waals surface area contributed by atoms with E-state index < -0.39 is 15.9 Å². The van der Waals surface area contributed by atoms with Crippen LogP contribution in [0.25, 0.3) is 0 Å². The third-order valence-corrected chi connectivity index (χ3v) is 7.12. The number of sulfonamides is 1. The maximum atomic E-state index is 13.3. The molecule has 0 aromatic heterocycles. The van der Waals surface area contributed by atoms with Crippen molar-refractivity contribution < 1.29 is 17.9 Å². The fourth-order valence-corrected chi connectivity index (χ4v) is 4.93. The molecule has 0 aliphatic rings. The summed E-state index contributed by atoms with van der Waals surface area (Å²) < 4.78 is 32.9. The first-order valence-electron chi connectivity index (χ1n) is 9.69. The fourth-order valence-electron chi connectivity index (χ4n) is 3.07. The van der Waals surface area contributed by atoms with Crippen LogP contribution in [0, 0.1) is 0 Å². The third-order valence-electron chi connectivity index (χ3n) is 4.73. The summed E-state index contributed by atoms with van der Waals surface area (Å²) in [5, 5.41) is 3.51. The summed E-state index contributed by atoms with van der Waals surface area (Å²) >= 11 is 12.2. The molecule has 0 bridgehead atoms. The van der Waals surface area contributed by atoms with E-state index in [1.165, 1.54) is 18.2 Å². The van der Waals surface area contributed by atoms with Gasteiger partial charge in [-0.15, -0.1) is 0 Å². The minimum Gasteiger partial charge on any atom is -0.496 e. The van der Waals surface area contributed by atoms with Gasteiger partial charge in [-0.3, -0.25) is 4.79 Å². The summed E-state index contributed by atoms with van der Waals surface area (Å²) in [6.45, 7) is -0.273. The Morgan fingerprint density at radius 1 is 0.969 bits per heavy atom. The number of rotatable bonds is 9. The van der Waals surface area contributed by atoms with Crippen molar-refractivity contribution in [1.82, 2.24) is 9.62 Å². The van der Waals surface area contributed by atoms with Gasteiger partial charge in [0.15, 0.2) is 0 Å². The van der Waals surface area contributed by atoms with E-state index in [2.05, 4.69) is 5.32 Å². The smallest absolute Gasteiger partial charge is 0.243 e. The van der Waals surface area contributed by atoms with Crippen LogP contribution in [0.2, 0.25) is 10.0 Å². The van der Waals surface area contributed by atoms with Gasteiger partial charge in [0.25, 0.3) is 0 Å². The Kier molecular flexibility index (Phi) is 8.15. The maximum Gasteiger partial charge on any atom is 0.243 e. The van der Waals surface area contributed by atoms with E-state index in [0.29, 0.717) is 21.4 Å². The largest absolute Gasteiger partial charge is 0.496 e. The number of ether oxygens (including phenoxy) is 1. The number of carbonyl (C=O) groups excluding carboxylic acids is 1. The predicted octanol–water partition coefficient (Wildman–Crippen LogP) is 4.51. The van der Waals surface area contributed by atoms with E-state index >= 15 is 0 Å². The predicted molar refractivity (Wildman–Crippen MR) is 125 cm³/mol. The fraction of sp³-hybridized carbons (Fsp3) is 0.174. The SMILES string of the molecule is COc1ccccc1CNC(=O)CN(Cc1ccc(Cl)cc1Cl)S(=O)(=O)c1ccccc1. The molecule has 0 saturated heterocycles. The lowest BCUT2D eigenvalue weighted by atomic mass is 10.2. The molecular formula is C23H22Cl2N2O4S. The van der Waals surface area contributed by atoms with E-state index in [1.54, 1.807) is 43.5 Å². The number of nitrogens with one attached hydrogen (secondary N) is 1. The Labute approximate surface area is 197 Å². The van der Waals surface area contributed by atoms with Crippen LogP contribution in [-0.2, 0) is 27.9 Å². The molecule has 6 nitrogen and oxygen atoms in total. The Morgan fingerprint density at radius 2 is 1.66 bits per heavy atom. The maximum absolute atomic E-state index is 13.3. The molecule has 0 fully saturated rings. The lowest BCUT2D eigenvalue weighted by Crippen LogP contribution is -2.40. The highest BCUT2D eigenvalue weighted by Crippen LogP contribution is 2.25. The topological polar surface area (TPSA) is 75.7 Å². The van der Waals surface area contributed by atoms with Crippen LogP contribution in [0.4, 0.5) is 0 Å². The summed E-state index contributed by atoms with van der Waals surface area (Å²) in [6, 6.07) is 20.0. The summed E-state index contributed by atoms with van der Waals surface area (Å²) in [6.07, 6.45) is 0. The van der Waals surface area contributed by atoms with Crippen LogP contribution in [0.1, 0.15) is 11.1 Å². The molecule has 0 saturated carbocycles. The van der Waals surface area contributed by atoms with E-state index in [9.17, 15) is 13.2 Å². The first-order valence-corrected chi connectivity index (χ1v) is 11.9. The van der Waals surface area contributed by atoms with Crippen LogP contribution < -0.4 is 10.1 Å². The molecule has 3 aromatic carbocycles. The standard InChI is InChI=1S/C23H22Cl2N2O4S/c1-31-22-10-6-5-7-17(22)14-26-23(28)16-27(15-18-11-12-19(24)13-21(18)25)32(29,30)20-8-3-2-4-9-20/h2-13H,14-16H2,1H3,(H,26,28). The zero-order valence-electron chi connectivity index (χ0n) is 17.3. The second-order valence-corrected chi connectivity index (χ2v) is 9.69. The minimum absolute atomic E-state index is 0.0858. The molecule has 3 rings (SSSR count). The van der Waals surface area contributed by atoms with Gasteiger partial charge in [0.05, 0.1) is 18.6 Å². The Morgan fingerprint density at radius 3 is 2.34 bits per heavy atom. The molecule has 1 N–H and O–H groups in total. The second kappa shape index (κ2) is 10.8. The number of methoxy groups -OCH3 is 1. The van der Waals surface area contributed by atoms with Crippen molar-refractivity contribution >= 4 is 39.1 Å². The third kappa shape index (κ3) is 6.01. The zero-order chi connectivity index (χ0) is 23.1. The Balaban J connectivity index is 1.82. The van der Waals surface area contributed by atoms with Gasteiger partial charge in [0, 0.05) is 28.7 Å². The molecule has 0 atom stereocenters. The van der Waals surface area contributed by atoms with Crippen LogP contribution >= 0.6 is 23.2 Å². The molecule has 0 heterocycles. The first kappa shape index (κ1) is 24.1. The van der Waals surface area contributed by atoms with Crippen LogP contribution in [0.3, 0.4) is 0 Å². The molecule has 0 unspecified atom stereocenters. The average molecular weight is 493 g/mol. The van der Waals surface area contributed by atoms with Crippen molar-refractivity contribution in [3.05, 3.63) is 94.0 Å². The van der Waals surface area contributed by atoms with Gasteiger partial charge in [0.1, 0.15) is 5.75 Å². The highest BCUT2D eigenvalue weighted by atomic mass is 35.5. The average Bonchev–Trinajstić information content (AvgIpc) is 2.79. The lowest BCUT2D eigenvalue weighted by molar-refractivity contribution is -0.121.